The third-order valence-electron chi connectivity index (χ3n) is 3.17. The minimum Gasteiger partial charge on any atom is -0.495 e. The maximum Gasteiger partial charge on any atom is 0.226 e. The van der Waals surface area contributed by atoms with Crippen LogP contribution in [0.5, 0.6) is 5.75 Å². The van der Waals surface area contributed by atoms with Crippen LogP contribution >= 0.6 is 0 Å². The van der Waals surface area contributed by atoms with Gasteiger partial charge in [0, 0.05) is 13.0 Å². The largest absolute Gasteiger partial charge is 0.495 e. The molecule has 0 fully saturated rings. The van der Waals surface area contributed by atoms with E-state index in [2.05, 4.69) is 10.6 Å². The molecule has 0 radical (unpaired) electrons. The predicted molar refractivity (Wildman–Crippen MR) is 85.9 cm³/mol. The zero-order valence-electron chi connectivity index (χ0n) is 12.7. The number of aryl methyl sites for hydroxylation is 1. The van der Waals surface area contributed by atoms with E-state index in [0.29, 0.717) is 23.7 Å². The molecule has 0 bridgehead atoms. The van der Waals surface area contributed by atoms with Crippen LogP contribution in [0, 0.1) is 12.7 Å². The van der Waals surface area contributed by atoms with E-state index in [1.165, 1.54) is 6.07 Å². The molecule has 2 N–H and O–H groups in total. The first-order valence-electron chi connectivity index (χ1n) is 7.03. The Bertz CT molecular complexity index is 659. The van der Waals surface area contributed by atoms with Gasteiger partial charge in [-0.05, 0) is 36.8 Å². The summed E-state index contributed by atoms with van der Waals surface area (Å²) in [5.74, 6) is 0.122. The lowest BCUT2D eigenvalue weighted by Gasteiger charge is -2.11. The molecule has 1 amide bonds. The van der Waals surface area contributed by atoms with Crippen LogP contribution in [0.25, 0.3) is 0 Å². The summed E-state index contributed by atoms with van der Waals surface area (Å²) in [6, 6.07) is 11.9. The minimum absolute atomic E-state index is 0.160. The number of nitrogens with one attached hydrogen (secondary N) is 2. The lowest BCUT2D eigenvalue weighted by atomic mass is 10.2. The Morgan fingerprint density at radius 1 is 1.18 bits per heavy atom. The van der Waals surface area contributed by atoms with Crippen molar-refractivity contribution >= 4 is 17.3 Å². The van der Waals surface area contributed by atoms with Crippen molar-refractivity contribution in [1.29, 1.82) is 0 Å². The summed E-state index contributed by atoms with van der Waals surface area (Å²) in [5, 5.41) is 5.71. The van der Waals surface area contributed by atoms with Crippen molar-refractivity contribution in [1.82, 2.24) is 0 Å². The Morgan fingerprint density at radius 2 is 1.95 bits per heavy atom. The Hall–Kier alpha value is -2.56. The maximum absolute atomic E-state index is 13.4. The summed E-state index contributed by atoms with van der Waals surface area (Å²) in [6.45, 7) is 2.29. The second-order valence-corrected chi connectivity index (χ2v) is 4.91. The van der Waals surface area contributed by atoms with Crippen molar-refractivity contribution < 1.29 is 13.9 Å². The number of para-hydroxylation sites is 1. The van der Waals surface area contributed by atoms with Crippen LogP contribution in [0.4, 0.5) is 15.8 Å². The van der Waals surface area contributed by atoms with Gasteiger partial charge in [0.1, 0.15) is 11.6 Å². The van der Waals surface area contributed by atoms with Crippen LogP contribution in [-0.2, 0) is 4.79 Å². The lowest BCUT2D eigenvalue weighted by molar-refractivity contribution is -0.116. The number of hydrogen-bond donors (Lipinski definition) is 2. The quantitative estimate of drug-likeness (QED) is 0.857. The summed E-state index contributed by atoms with van der Waals surface area (Å²) < 4.78 is 18.6. The number of hydrogen-bond acceptors (Lipinski definition) is 3. The van der Waals surface area contributed by atoms with E-state index in [1.54, 1.807) is 25.3 Å². The Kier molecular flexibility index (Phi) is 5.36. The highest BCUT2D eigenvalue weighted by molar-refractivity contribution is 5.92. The van der Waals surface area contributed by atoms with Gasteiger partial charge in [0.25, 0.3) is 0 Å². The summed E-state index contributed by atoms with van der Waals surface area (Å²) in [7, 11) is 1.56. The van der Waals surface area contributed by atoms with E-state index in [1.807, 2.05) is 25.1 Å². The molecule has 116 valence electrons. The van der Waals surface area contributed by atoms with Gasteiger partial charge in [-0.3, -0.25) is 4.79 Å². The van der Waals surface area contributed by atoms with Crippen LogP contribution in [0.3, 0.4) is 0 Å². The molecule has 0 heterocycles. The highest BCUT2D eigenvalue weighted by Gasteiger charge is 2.08. The van der Waals surface area contributed by atoms with Gasteiger partial charge < -0.3 is 15.4 Å². The molecule has 4 nitrogen and oxygen atoms in total. The molecule has 0 aliphatic rings. The molecule has 22 heavy (non-hydrogen) atoms. The molecule has 0 aliphatic carbocycles. The summed E-state index contributed by atoms with van der Waals surface area (Å²) in [4.78, 5) is 12.0. The fourth-order valence-electron chi connectivity index (χ4n) is 2.05. The van der Waals surface area contributed by atoms with E-state index in [4.69, 9.17) is 4.74 Å². The molecule has 5 heteroatoms. The third-order valence-corrected chi connectivity index (χ3v) is 3.17. The van der Waals surface area contributed by atoms with Crippen molar-refractivity contribution in [2.75, 3.05) is 24.3 Å². The zero-order valence-corrected chi connectivity index (χ0v) is 12.7. The second kappa shape index (κ2) is 7.45. The zero-order chi connectivity index (χ0) is 15.9. The van der Waals surface area contributed by atoms with Gasteiger partial charge >= 0.3 is 0 Å². The summed E-state index contributed by atoms with van der Waals surface area (Å²) in [6.07, 6.45) is 0.228. The number of rotatable bonds is 6. The van der Waals surface area contributed by atoms with E-state index >= 15 is 0 Å². The average Bonchev–Trinajstić information content (AvgIpc) is 2.49. The Balaban J connectivity index is 1.88. The minimum atomic E-state index is -0.330. The van der Waals surface area contributed by atoms with E-state index in [0.717, 1.165) is 5.56 Å². The topological polar surface area (TPSA) is 50.4 Å². The van der Waals surface area contributed by atoms with E-state index < -0.39 is 0 Å². The van der Waals surface area contributed by atoms with Crippen molar-refractivity contribution in [3.63, 3.8) is 0 Å². The van der Waals surface area contributed by atoms with Crippen LogP contribution < -0.4 is 15.4 Å². The smallest absolute Gasteiger partial charge is 0.226 e. The van der Waals surface area contributed by atoms with Gasteiger partial charge in [0.2, 0.25) is 5.91 Å². The van der Waals surface area contributed by atoms with Crippen molar-refractivity contribution in [2.45, 2.75) is 13.3 Å². The molecular weight excluding hydrogens is 283 g/mol. The van der Waals surface area contributed by atoms with Crippen molar-refractivity contribution in [3.8, 4) is 5.75 Å². The fraction of sp³-hybridized carbons (Fsp3) is 0.235. The van der Waals surface area contributed by atoms with Gasteiger partial charge in [-0.2, -0.15) is 0 Å². The number of anilines is 2. The van der Waals surface area contributed by atoms with Gasteiger partial charge in [-0.15, -0.1) is 0 Å². The summed E-state index contributed by atoms with van der Waals surface area (Å²) >= 11 is 0. The number of halogens is 1. The Labute approximate surface area is 129 Å². The molecule has 2 rings (SSSR count). The van der Waals surface area contributed by atoms with Crippen LogP contribution in [0.15, 0.2) is 42.5 Å². The standard InChI is InChI=1S/C17H19FN2O2/c1-12-7-8-16(22-2)15(11-12)20-17(21)9-10-19-14-6-4-3-5-13(14)18/h3-8,11,19H,9-10H2,1-2H3,(H,20,21). The Morgan fingerprint density at radius 3 is 2.68 bits per heavy atom. The van der Waals surface area contributed by atoms with Gasteiger partial charge in [0.15, 0.2) is 0 Å². The first kappa shape index (κ1) is 15.8. The van der Waals surface area contributed by atoms with Gasteiger partial charge in [0.05, 0.1) is 18.5 Å². The number of carbonyl (C=O) groups is 1. The number of benzene rings is 2. The maximum atomic E-state index is 13.4. The molecule has 0 saturated carbocycles. The lowest BCUT2D eigenvalue weighted by Crippen LogP contribution is -2.17. The highest BCUT2D eigenvalue weighted by atomic mass is 19.1. The second-order valence-electron chi connectivity index (χ2n) is 4.91. The van der Waals surface area contributed by atoms with Gasteiger partial charge in [-0.25, -0.2) is 4.39 Å². The van der Waals surface area contributed by atoms with Crippen molar-refractivity contribution in [2.24, 2.45) is 0 Å². The number of methoxy groups -OCH3 is 1. The highest BCUT2D eigenvalue weighted by Crippen LogP contribution is 2.25. The molecule has 0 saturated heterocycles. The SMILES string of the molecule is COc1ccc(C)cc1NC(=O)CCNc1ccccc1F. The van der Waals surface area contributed by atoms with Crippen LogP contribution in [0.2, 0.25) is 0 Å². The molecular formula is C17H19FN2O2. The molecule has 0 aromatic heterocycles. The normalized spacial score (nSPS) is 10.1. The predicted octanol–water partition coefficient (Wildman–Crippen LogP) is 3.58. The molecule has 0 spiro atoms. The molecule has 2 aromatic carbocycles. The third kappa shape index (κ3) is 4.22. The molecule has 2 aromatic rings. The molecule has 0 atom stereocenters. The first-order chi connectivity index (χ1) is 10.6. The van der Waals surface area contributed by atoms with E-state index in [-0.39, 0.29) is 18.1 Å². The number of ether oxygens (including phenoxy) is 1. The van der Waals surface area contributed by atoms with Crippen molar-refractivity contribution in [3.05, 3.63) is 53.8 Å². The van der Waals surface area contributed by atoms with Gasteiger partial charge in [-0.1, -0.05) is 18.2 Å². The fourth-order valence-corrected chi connectivity index (χ4v) is 2.05. The number of amides is 1. The number of carbonyl (C=O) groups excluding carboxylic acids is 1. The van der Waals surface area contributed by atoms with Crippen LogP contribution in [-0.4, -0.2) is 19.6 Å². The first-order valence-corrected chi connectivity index (χ1v) is 7.03. The molecule has 0 aliphatic heterocycles. The van der Waals surface area contributed by atoms with E-state index in [9.17, 15) is 9.18 Å². The average molecular weight is 302 g/mol. The molecule has 0 unspecified atom stereocenters. The van der Waals surface area contributed by atoms with Crippen LogP contribution in [0.1, 0.15) is 12.0 Å². The summed E-state index contributed by atoms with van der Waals surface area (Å²) in [5.41, 5.74) is 2.06. The monoisotopic (exact) mass is 302 g/mol.